The highest BCUT2D eigenvalue weighted by Gasteiger charge is 2.34. The lowest BCUT2D eigenvalue weighted by Gasteiger charge is -2.32. The number of benzene rings is 1. The number of carbonyl (C=O) groups excluding carboxylic acids is 1. The second-order valence-corrected chi connectivity index (χ2v) is 9.67. The zero-order valence-electron chi connectivity index (χ0n) is 15.4. The van der Waals surface area contributed by atoms with Gasteiger partial charge in [-0.1, -0.05) is 6.07 Å². The van der Waals surface area contributed by atoms with Crippen molar-refractivity contribution in [3.05, 3.63) is 23.8 Å². The molecule has 0 N–H and O–H groups in total. The molecule has 1 amide bonds. The average Bonchev–Trinajstić information content (AvgIpc) is 3.29. The van der Waals surface area contributed by atoms with Crippen LogP contribution in [0.4, 0.5) is 11.4 Å². The van der Waals surface area contributed by atoms with Crippen molar-refractivity contribution in [1.82, 2.24) is 4.31 Å². The van der Waals surface area contributed by atoms with E-state index in [1.165, 1.54) is 34.7 Å². The van der Waals surface area contributed by atoms with E-state index in [1.807, 2.05) is 4.90 Å². The Morgan fingerprint density at radius 1 is 1.04 bits per heavy atom. The smallest absolute Gasteiger partial charge is 0.230 e. The number of hydrogen-bond donors (Lipinski definition) is 0. The molecule has 0 aromatic heterocycles. The van der Waals surface area contributed by atoms with Gasteiger partial charge in [0.1, 0.15) is 0 Å². The lowest BCUT2D eigenvalue weighted by Crippen LogP contribution is -2.43. The topological polar surface area (TPSA) is 60.9 Å². The zero-order chi connectivity index (χ0) is 18.3. The zero-order valence-corrected chi connectivity index (χ0v) is 16.2. The molecule has 3 aliphatic rings. The molecule has 0 aliphatic carbocycles. The van der Waals surface area contributed by atoms with Crippen molar-refractivity contribution in [2.75, 3.05) is 48.8 Å². The van der Waals surface area contributed by atoms with Crippen molar-refractivity contribution in [1.29, 1.82) is 0 Å². The lowest BCUT2D eigenvalue weighted by molar-refractivity contribution is -0.123. The predicted molar refractivity (Wildman–Crippen MR) is 103 cm³/mol. The highest BCUT2D eigenvalue weighted by Crippen LogP contribution is 2.35. The van der Waals surface area contributed by atoms with Gasteiger partial charge in [-0.2, -0.15) is 0 Å². The summed E-state index contributed by atoms with van der Waals surface area (Å²) < 4.78 is 24.8. The minimum absolute atomic E-state index is 0.0746. The summed E-state index contributed by atoms with van der Waals surface area (Å²) in [4.78, 5) is 17.4. The number of nitrogens with zero attached hydrogens (tertiary/aromatic N) is 3. The number of rotatable bonds is 3. The molecule has 3 aliphatic heterocycles. The minimum Gasteiger partial charge on any atom is -0.371 e. The van der Waals surface area contributed by atoms with Crippen molar-refractivity contribution in [3.63, 3.8) is 0 Å². The Labute approximate surface area is 155 Å². The van der Waals surface area contributed by atoms with Crippen LogP contribution in [0.15, 0.2) is 18.2 Å². The van der Waals surface area contributed by atoms with E-state index < -0.39 is 10.0 Å². The first-order valence-electron chi connectivity index (χ1n) is 9.58. The largest absolute Gasteiger partial charge is 0.371 e. The van der Waals surface area contributed by atoms with Crippen LogP contribution in [0.25, 0.3) is 0 Å². The minimum atomic E-state index is -3.15. The van der Waals surface area contributed by atoms with E-state index in [1.54, 1.807) is 0 Å². The fraction of sp³-hybridized carbons (Fsp3) is 0.632. The normalized spacial score (nSPS) is 22.0. The molecule has 1 aromatic carbocycles. The summed E-state index contributed by atoms with van der Waals surface area (Å²) in [6.07, 6.45) is 5.85. The summed E-state index contributed by atoms with van der Waals surface area (Å²) >= 11 is 0. The van der Waals surface area contributed by atoms with Gasteiger partial charge in [0.25, 0.3) is 0 Å². The Hall–Kier alpha value is -1.60. The van der Waals surface area contributed by atoms with Crippen molar-refractivity contribution < 1.29 is 13.2 Å². The number of anilines is 2. The molecule has 2 fully saturated rings. The van der Waals surface area contributed by atoms with Crippen LogP contribution in [0.5, 0.6) is 0 Å². The third-order valence-corrected chi connectivity index (χ3v) is 7.28. The monoisotopic (exact) mass is 377 g/mol. The quantitative estimate of drug-likeness (QED) is 0.807. The summed E-state index contributed by atoms with van der Waals surface area (Å²) in [6, 6.07) is 6.53. The number of piperidine rings is 1. The van der Waals surface area contributed by atoms with E-state index >= 15 is 0 Å². The maximum Gasteiger partial charge on any atom is 0.230 e. The Morgan fingerprint density at radius 2 is 1.73 bits per heavy atom. The van der Waals surface area contributed by atoms with Gasteiger partial charge in [0.15, 0.2) is 0 Å². The molecule has 0 atom stereocenters. The van der Waals surface area contributed by atoms with Crippen LogP contribution >= 0.6 is 0 Å². The highest BCUT2D eigenvalue weighted by atomic mass is 32.2. The molecular weight excluding hydrogens is 350 g/mol. The molecule has 0 bridgehead atoms. The number of carbonyl (C=O) groups is 1. The number of sulfonamides is 1. The number of amides is 1. The van der Waals surface area contributed by atoms with Crippen LogP contribution in [0.3, 0.4) is 0 Å². The molecular formula is C19H27N3O3S. The maximum absolute atomic E-state index is 13.1. The van der Waals surface area contributed by atoms with E-state index in [0.29, 0.717) is 25.9 Å². The van der Waals surface area contributed by atoms with Crippen molar-refractivity contribution in [2.24, 2.45) is 5.92 Å². The molecule has 26 heavy (non-hydrogen) atoms. The van der Waals surface area contributed by atoms with E-state index in [9.17, 15) is 13.2 Å². The molecule has 142 valence electrons. The molecule has 2 saturated heterocycles. The van der Waals surface area contributed by atoms with Gasteiger partial charge in [-0.05, 0) is 49.8 Å². The fourth-order valence-electron chi connectivity index (χ4n) is 4.42. The summed E-state index contributed by atoms with van der Waals surface area (Å²) in [5.41, 5.74) is 3.52. The Balaban J connectivity index is 1.48. The standard InChI is InChI=1S/C19H27N3O3S/c1-26(24,25)21-11-6-16(7-12-21)19(23)22-13-8-15-4-5-17(14-18(15)22)20-9-2-3-10-20/h4-5,14,16H,2-3,6-13H2,1H3. The van der Waals surface area contributed by atoms with E-state index in [2.05, 4.69) is 23.1 Å². The maximum atomic E-state index is 13.1. The molecule has 0 saturated carbocycles. The van der Waals surface area contributed by atoms with Gasteiger partial charge < -0.3 is 9.80 Å². The van der Waals surface area contributed by atoms with Crippen LogP contribution in [0.1, 0.15) is 31.2 Å². The third-order valence-electron chi connectivity index (χ3n) is 5.97. The fourth-order valence-corrected chi connectivity index (χ4v) is 5.30. The summed E-state index contributed by atoms with van der Waals surface area (Å²) in [6.45, 7) is 3.82. The summed E-state index contributed by atoms with van der Waals surface area (Å²) in [5, 5.41) is 0. The van der Waals surface area contributed by atoms with Gasteiger partial charge >= 0.3 is 0 Å². The van der Waals surface area contributed by atoms with Crippen LogP contribution in [0, 0.1) is 5.92 Å². The van der Waals surface area contributed by atoms with Gasteiger partial charge in [-0.25, -0.2) is 12.7 Å². The van der Waals surface area contributed by atoms with Crippen LogP contribution in [0.2, 0.25) is 0 Å². The molecule has 0 spiro atoms. The van der Waals surface area contributed by atoms with Crippen molar-refractivity contribution >= 4 is 27.3 Å². The number of hydrogen-bond acceptors (Lipinski definition) is 4. The van der Waals surface area contributed by atoms with Crippen molar-refractivity contribution in [2.45, 2.75) is 32.1 Å². The molecule has 4 rings (SSSR count). The molecule has 3 heterocycles. The predicted octanol–water partition coefficient (Wildman–Crippen LogP) is 1.85. The first-order chi connectivity index (χ1) is 12.4. The van der Waals surface area contributed by atoms with Gasteiger partial charge in [0.05, 0.1) is 6.26 Å². The van der Waals surface area contributed by atoms with E-state index in [0.717, 1.165) is 31.7 Å². The lowest BCUT2D eigenvalue weighted by atomic mass is 9.96. The van der Waals surface area contributed by atoms with E-state index in [-0.39, 0.29) is 11.8 Å². The first-order valence-corrected chi connectivity index (χ1v) is 11.4. The second kappa shape index (κ2) is 6.85. The van der Waals surface area contributed by atoms with Gasteiger partial charge in [-0.15, -0.1) is 0 Å². The second-order valence-electron chi connectivity index (χ2n) is 7.68. The molecule has 7 heteroatoms. The molecule has 1 aromatic rings. The number of fused-ring (bicyclic) bond motifs is 1. The Bertz CT molecular complexity index is 794. The van der Waals surface area contributed by atoms with Gasteiger partial charge in [0, 0.05) is 50.0 Å². The van der Waals surface area contributed by atoms with Gasteiger partial charge in [0.2, 0.25) is 15.9 Å². The third kappa shape index (κ3) is 3.34. The molecule has 0 radical (unpaired) electrons. The summed E-state index contributed by atoms with van der Waals surface area (Å²) in [7, 11) is -3.15. The van der Waals surface area contributed by atoms with Crippen LogP contribution in [-0.4, -0.2) is 57.6 Å². The Morgan fingerprint density at radius 3 is 2.38 bits per heavy atom. The first kappa shape index (κ1) is 17.8. The van der Waals surface area contributed by atoms with Crippen LogP contribution in [-0.2, 0) is 21.2 Å². The SMILES string of the molecule is CS(=O)(=O)N1CCC(C(=O)N2CCc3ccc(N4CCCC4)cc32)CC1. The average molecular weight is 378 g/mol. The highest BCUT2D eigenvalue weighted by molar-refractivity contribution is 7.88. The van der Waals surface area contributed by atoms with E-state index in [4.69, 9.17) is 0 Å². The Kier molecular flexibility index (Phi) is 4.69. The van der Waals surface area contributed by atoms with Crippen LogP contribution < -0.4 is 9.80 Å². The molecule has 0 unspecified atom stereocenters. The molecule has 6 nitrogen and oxygen atoms in total. The summed E-state index contributed by atoms with van der Waals surface area (Å²) in [5.74, 6) is 0.0878. The van der Waals surface area contributed by atoms with Crippen molar-refractivity contribution in [3.8, 4) is 0 Å². The van der Waals surface area contributed by atoms with Gasteiger partial charge in [-0.3, -0.25) is 4.79 Å².